The molecule has 1 aromatic rings. The molecular formula is C14H24N2O. The molecule has 3 heteroatoms. The standard InChI is InChI=1S/C14H24N2O/c1-10(2)11-6-7-12(14(9-11)17-3)13(16)5-4-8-15/h6-7,9-10,13H,4-5,8,15-16H2,1-3H3. The fourth-order valence-corrected chi connectivity index (χ4v) is 1.89. The minimum absolute atomic E-state index is 0.00899. The zero-order valence-corrected chi connectivity index (χ0v) is 11.1. The van der Waals surface area contributed by atoms with Crippen molar-refractivity contribution in [3.63, 3.8) is 0 Å². The Morgan fingerprint density at radius 2 is 2.00 bits per heavy atom. The summed E-state index contributed by atoms with van der Waals surface area (Å²) < 4.78 is 5.43. The molecule has 0 aromatic heterocycles. The van der Waals surface area contributed by atoms with Crippen LogP contribution in [0.2, 0.25) is 0 Å². The van der Waals surface area contributed by atoms with Crippen molar-refractivity contribution in [1.29, 1.82) is 0 Å². The van der Waals surface area contributed by atoms with Gasteiger partial charge in [0.2, 0.25) is 0 Å². The predicted octanol–water partition coefficient (Wildman–Crippen LogP) is 2.56. The zero-order chi connectivity index (χ0) is 12.8. The van der Waals surface area contributed by atoms with Crippen molar-refractivity contribution < 1.29 is 4.74 Å². The van der Waals surface area contributed by atoms with E-state index in [1.807, 2.05) is 0 Å². The van der Waals surface area contributed by atoms with Crippen molar-refractivity contribution in [3.8, 4) is 5.75 Å². The highest BCUT2D eigenvalue weighted by atomic mass is 16.5. The van der Waals surface area contributed by atoms with Gasteiger partial charge in [-0.25, -0.2) is 0 Å². The lowest BCUT2D eigenvalue weighted by atomic mass is 9.96. The van der Waals surface area contributed by atoms with Crippen molar-refractivity contribution in [2.75, 3.05) is 13.7 Å². The molecule has 1 atom stereocenters. The van der Waals surface area contributed by atoms with Crippen LogP contribution in [0.25, 0.3) is 0 Å². The van der Waals surface area contributed by atoms with Gasteiger partial charge in [-0.05, 0) is 36.9 Å². The van der Waals surface area contributed by atoms with Gasteiger partial charge in [-0.1, -0.05) is 26.0 Å². The quantitative estimate of drug-likeness (QED) is 0.798. The van der Waals surface area contributed by atoms with Crippen LogP contribution in [0.15, 0.2) is 18.2 Å². The second-order valence-electron chi connectivity index (χ2n) is 4.69. The lowest BCUT2D eigenvalue weighted by molar-refractivity contribution is 0.403. The minimum Gasteiger partial charge on any atom is -0.496 e. The third-order valence-corrected chi connectivity index (χ3v) is 3.04. The van der Waals surface area contributed by atoms with E-state index in [-0.39, 0.29) is 6.04 Å². The van der Waals surface area contributed by atoms with Crippen LogP contribution in [-0.4, -0.2) is 13.7 Å². The zero-order valence-electron chi connectivity index (χ0n) is 11.1. The first kappa shape index (κ1) is 14.0. The second-order valence-corrected chi connectivity index (χ2v) is 4.69. The molecule has 0 fully saturated rings. The van der Waals surface area contributed by atoms with Gasteiger partial charge in [-0.3, -0.25) is 0 Å². The maximum Gasteiger partial charge on any atom is 0.123 e. The van der Waals surface area contributed by atoms with Crippen LogP contribution in [0.3, 0.4) is 0 Å². The van der Waals surface area contributed by atoms with Gasteiger partial charge < -0.3 is 16.2 Å². The van der Waals surface area contributed by atoms with Gasteiger partial charge in [0.15, 0.2) is 0 Å². The van der Waals surface area contributed by atoms with E-state index >= 15 is 0 Å². The third kappa shape index (κ3) is 3.72. The molecule has 0 saturated heterocycles. The fourth-order valence-electron chi connectivity index (χ4n) is 1.89. The smallest absolute Gasteiger partial charge is 0.123 e. The molecule has 0 amide bonds. The van der Waals surface area contributed by atoms with Gasteiger partial charge >= 0.3 is 0 Å². The average Bonchev–Trinajstić information content (AvgIpc) is 2.34. The van der Waals surface area contributed by atoms with Crippen LogP contribution in [0.4, 0.5) is 0 Å². The highest BCUT2D eigenvalue weighted by Crippen LogP contribution is 2.29. The molecule has 0 spiro atoms. The van der Waals surface area contributed by atoms with Crippen LogP contribution in [0.1, 0.15) is 49.8 Å². The van der Waals surface area contributed by atoms with E-state index in [9.17, 15) is 0 Å². The number of methoxy groups -OCH3 is 1. The van der Waals surface area contributed by atoms with Gasteiger partial charge in [0.05, 0.1) is 7.11 Å². The second kappa shape index (κ2) is 6.62. The van der Waals surface area contributed by atoms with Gasteiger partial charge in [0, 0.05) is 11.6 Å². The van der Waals surface area contributed by atoms with Crippen molar-refractivity contribution in [2.24, 2.45) is 11.5 Å². The van der Waals surface area contributed by atoms with Crippen LogP contribution in [-0.2, 0) is 0 Å². The normalized spacial score (nSPS) is 12.8. The number of benzene rings is 1. The Labute approximate surface area is 104 Å². The first-order valence-corrected chi connectivity index (χ1v) is 6.23. The summed E-state index contributed by atoms with van der Waals surface area (Å²) in [5, 5.41) is 0. The number of ether oxygens (including phenoxy) is 1. The van der Waals surface area contributed by atoms with Crippen LogP contribution in [0, 0.1) is 0 Å². The largest absolute Gasteiger partial charge is 0.496 e. The Morgan fingerprint density at radius 3 is 2.53 bits per heavy atom. The predicted molar refractivity (Wildman–Crippen MR) is 72.3 cm³/mol. The summed E-state index contributed by atoms with van der Waals surface area (Å²) in [6.07, 6.45) is 1.84. The molecule has 4 N–H and O–H groups in total. The Bertz CT molecular complexity index is 350. The molecule has 0 heterocycles. The summed E-state index contributed by atoms with van der Waals surface area (Å²) in [5.74, 6) is 1.39. The average molecular weight is 236 g/mol. The van der Waals surface area contributed by atoms with Crippen LogP contribution < -0.4 is 16.2 Å². The number of rotatable bonds is 6. The topological polar surface area (TPSA) is 61.3 Å². The Morgan fingerprint density at radius 1 is 1.29 bits per heavy atom. The van der Waals surface area contributed by atoms with Gasteiger partial charge in [-0.2, -0.15) is 0 Å². The van der Waals surface area contributed by atoms with E-state index in [4.69, 9.17) is 16.2 Å². The first-order chi connectivity index (χ1) is 8.10. The number of hydrogen-bond donors (Lipinski definition) is 2. The van der Waals surface area contributed by atoms with Gasteiger partial charge in [0.25, 0.3) is 0 Å². The highest BCUT2D eigenvalue weighted by molar-refractivity contribution is 5.40. The summed E-state index contributed by atoms with van der Waals surface area (Å²) in [6.45, 7) is 5.02. The first-order valence-electron chi connectivity index (χ1n) is 6.23. The molecule has 3 nitrogen and oxygen atoms in total. The van der Waals surface area contributed by atoms with Crippen molar-refractivity contribution in [1.82, 2.24) is 0 Å². The molecule has 0 saturated carbocycles. The molecule has 1 unspecified atom stereocenters. The van der Waals surface area contributed by atoms with E-state index in [0.717, 1.165) is 24.2 Å². The molecule has 0 bridgehead atoms. The highest BCUT2D eigenvalue weighted by Gasteiger charge is 2.13. The number of nitrogens with two attached hydrogens (primary N) is 2. The molecule has 1 aromatic carbocycles. The van der Waals surface area contributed by atoms with E-state index in [1.165, 1.54) is 5.56 Å². The molecular weight excluding hydrogens is 212 g/mol. The molecule has 0 aliphatic rings. The lowest BCUT2D eigenvalue weighted by Gasteiger charge is -2.17. The summed E-state index contributed by atoms with van der Waals surface area (Å²) >= 11 is 0. The number of hydrogen-bond acceptors (Lipinski definition) is 3. The molecule has 96 valence electrons. The fraction of sp³-hybridized carbons (Fsp3) is 0.571. The Balaban J connectivity index is 2.91. The molecule has 0 radical (unpaired) electrons. The molecule has 17 heavy (non-hydrogen) atoms. The van der Waals surface area contributed by atoms with Crippen molar-refractivity contribution in [3.05, 3.63) is 29.3 Å². The minimum atomic E-state index is 0.00899. The van der Waals surface area contributed by atoms with E-state index in [2.05, 4.69) is 32.0 Å². The summed E-state index contributed by atoms with van der Waals surface area (Å²) in [5.41, 5.74) is 14.0. The van der Waals surface area contributed by atoms with E-state index in [0.29, 0.717) is 12.5 Å². The Kier molecular flexibility index (Phi) is 5.45. The summed E-state index contributed by atoms with van der Waals surface area (Å²) in [4.78, 5) is 0. The molecule has 0 aliphatic carbocycles. The SMILES string of the molecule is COc1cc(C(C)C)ccc1C(N)CCCN. The van der Waals surface area contributed by atoms with E-state index < -0.39 is 0 Å². The Hall–Kier alpha value is -1.06. The molecule has 1 rings (SSSR count). The maximum atomic E-state index is 6.15. The maximum absolute atomic E-state index is 6.15. The van der Waals surface area contributed by atoms with Crippen LogP contribution >= 0.6 is 0 Å². The summed E-state index contributed by atoms with van der Waals surface area (Å²) in [6, 6.07) is 6.30. The monoisotopic (exact) mass is 236 g/mol. The van der Waals surface area contributed by atoms with Crippen molar-refractivity contribution >= 4 is 0 Å². The van der Waals surface area contributed by atoms with Gasteiger partial charge in [-0.15, -0.1) is 0 Å². The van der Waals surface area contributed by atoms with Crippen molar-refractivity contribution in [2.45, 2.75) is 38.6 Å². The van der Waals surface area contributed by atoms with Crippen LogP contribution in [0.5, 0.6) is 5.75 Å². The molecule has 0 aliphatic heterocycles. The summed E-state index contributed by atoms with van der Waals surface area (Å²) in [7, 11) is 1.69. The lowest BCUT2D eigenvalue weighted by Crippen LogP contribution is -2.13. The van der Waals surface area contributed by atoms with Gasteiger partial charge in [0.1, 0.15) is 5.75 Å². The van der Waals surface area contributed by atoms with E-state index in [1.54, 1.807) is 7.11 Å². The third-order valence-electron chi connectivity index (χ3n) is 3.04.